The van der Waals surface area contributed by atoms with E-state index in [9.17, 15) is 8.42 Å². The van der Waals surface area contributed by atoms with Crippen LogP contribution in [0.5, 0.6) is 17.2 Å². The lowest BCUT2D eigenvalue weighted by Crippen LogP contribution is -1.95. The molecule has 1 aromatic carbocycles. The smallest absolute Gasteiger partial charge is 0.172 e. The average Bonchev–Trinajstić information content (AvgIpc) is 2.26. The standard InChI is InChI=1S/C9H12O5S/c1-12-6-4-8(14-3)9(15(10)11)5-7(6)13-2/h4-5,15H,1-3H3. The number of rotatable bonds is 4. The maximum absolute atomic E-state index is 10.9. The first-order valence-electron chi connectivity index (χ1n) is 4.08. The van der Waals surface area contributed by atoms with Crippen molar-refractivity contribution < 1.29 is 22.6 Å². The fourth-order valence-electron chi connectivity index (χ4n) is 1.16. The van der Waals surface area contributed by atoms with Crippen LogP contribution >= 0.6 is 0 Å². The molecular weight excluding hydrogens is 220 g/mol. The molecule has 0 spiro atoms. The summed E-state index contributed by atoms with van der Waals surface area (Å²) in [5.74, 6) is 1.02. The molecule has 0 saturated heterocycles. The molecule has 0 unspecified atom stereocenters. The Morgan fingerprint density at radius 3 is 1.73 bits per heavy atom. The average molecular weight is 232 g/mol. The molecule has 15 heavy (non-hydrogen) atoms. The molecule has 1 rings (SSSR count). The Bertz CT molecular complexity index is 417. The van der Waals surface area contributed by atoms with E-state index in [1.54, 1.807) is 0 Å². The van der Waals surface area contributed by atoms with Crippen molar-refractivity contribution in [3.63, 3.8) is 0 Å². The van der Waals surface area contributed by atoms with Crippen LogP contribution in [0, 0.1) is 0 Å². The van der Waals surface area contributed by atoms with Crippen LogP contribution in [0.25, 0.3) is 0 Å². The molecule has 1 aromatic rings. The van der Waals surface area contributed by atoms with Gasteiger partial charge in [-0.1, -0.05) is 0 Å². The monoisotopic (exact) mass is 232 g/mol. The lowest BCUT2D eigenvalue weighted by Gasteiger charge is -2.10. The van der Waals surface area contributed by atoms with Crippen molar-refractivity contribution in [1.29, 1.82) is 0 Å². The van der Waals surface area contributed by atoms with Gasteiger partial charge in [0.1, 0.15) is 10.6 Å². The van der Waals surface area contributed by atoms with E-state index in [1.165, 1.54) is 33.5 Å². The second-order valence-electron chi connectivity index (χ2n) is 2.64. The summed E-state index contributed by atoms with van der Waals surface area (Å²) >= 11 is 0. The van der Waals surface area contributed by atoms with Gasteiger partial charge in [0.15, 0.2) is 22.2 Å². The maximum Gasteiger partial charge on any atom is 0.172 e. The van der Waals surface area contributed by atoms with E-state index in [4.69, 9.17) is 14.2 Å². The zero-order valence-electron chi connectivity index (χ0n) is 8.64. The maximum atomic E-state index is 10.9. The SMILES string of the molecule is COc1cc(OC)c([SH](=O)=O)cc1OC. The zero-order chi connectivity index (χ0) is 11.4. The number of benzene rings is 1. The molecule has 0 fully saturated rings. The minimum absolute atomic E-state index is 0.0742. The van der Waals surface area contributed by atoms with Crippen molar-refractivity contribution in [1.82, 2.24) is 0 Å². The first-order chi connectivity index (χ1) is 7.13. The summed E-state index contributed by atoms with van der Waals surface area (Å²) in [5, 5.41) is 0. The number of ether oxygens (including phenoxy) is 3. The molecule has 84 valence electrons. The molecule has 0 atom stereocenters. The molecule has 5 nitrogen and oxygen atoms in total. The Labute approximate surface area is 89.5 Å². The van der Waals surface area contributed by atoms with Crippen molar-refractivity contribution in [3.05, 3.63) is 12.1 Å². The van der Waals surface area contributed by atoms with Gasteiger partial charge in [0.05, 0.1) is 21.3 Å². The van der Waals surface area contributed by atoms with Crippen molar-refractivity contribution in [2.75, 3.05) is 21.3 Å². The van der Waals surface area contributed by atoms with Gasteiger partial charge in [-0.15, -0.1) is 0 Å². The van der Waals surface area contributed by atoms with Gasteiger partial charge in [-0.2, -0.15) is 0 Å². The zero-order valence-corrected chi connectivity index (χ0v) is 9.54. The predicted octanol–water partition coefficient (Wildman–Crippen LogP) is 0.683. The molecule has 0 radical (unpaired) electrons. The first-order valence-corrected chi connectivity index (χ1v) is 5.26. The van der Waals surface area contributed by atoms with Gasteiger partial charge in [-0.3, -0.25) is 0 Å². The quantitative estimate of drug-likeness (QED) is 0.774. The number of hydrogen-bond acceptors (Lipinski definition) is 5. The molecule has 0 heterocycles. The highest BCUT2D eigenvalue weighted by molar-refractivity contribution is 7.72. The van der Waals surface area contributed by atoms with E-state index in [2.05, 4.69) is 0 Å². The number of thiol groups is 1. The molecule has 0 aliphatic carbocycles. The highest BCUT2D eigenvalue weighted by atomic mass is 32.2. The van der Waals surface area contributed by atoms with E-state index >= 15 is 0 Å². The predicted molar refractivity (Wildman–Crippen MR) is 54.7 cm³/mol. The van der Waals surface area contributed by atoms with Crippen molar-refractivity contribution in [3.8, 4) is 17.2 Å². The van der Waals surface area contributed by atoms with Gasteiger partial charge in [0.25, 0.3) is 0 Å². The summed E-state index contributed by atoms with van der Waals surface area (Å²) in [5.41, 5.74) is 0. The summed E-state index contributed by atoms with van der Waals surface area (Å²) in [6.45, 7) is 0. The fourth-order valence-corrected chi connectivity index (χ4v) is 1.71. The van der Waals surface area contributed by atoms with Gasteiger partial charge in [0.2, 0.25) is 0 Å². The van der Waals surface area contributed by atoms with Crippen LogP contribution in [0.3, 0.4) is 0 Å². The van der Waals surface area contributed by atoms with E-state index in [1.807, 2.05) is 0 Å². The van der Waals surface area contributed by atoms with Gasteiger partial charge in [0, 0.05) is 12.1 Å². The minimum Gasteiger partial charge on any atom is -0.495 e. The largest absolute Gasteiger partial charge is 0.495 e. The fraction of sp³-hybridized carbons (Fsp3) is 0.333. The van der Waals surface area contributed by atoms with Gasteiger partial charge < -0.3 is 14.2 Å². The van der Waals surface area contributed by atoms with Crippen LogP contribution in [0.1, 0.15) is 0 Å². The summed E-state index contributed by atoms with van der Waals surface area (Å²) < 4.78 is 36.7. The van der Waals surface area contributed by atoms with Crippen molar-refractivity contribution in [2.24, 2.45) is 0 Å². The van der Waals surface area contributed by atoms with Crippen LogP contribution in [-0.2, 0) is 10.7 Å². The Kier molecular flexibility index (Phi) is 3.79. The lowest BCUT2D eigenvalue weighted by molar-refractivity contribution is 0.345. The van der Waals surface area contributed by atoms with E-state index in [0.29, 0.717) is 11.5 Å². The Morgan fingerprint density at radius 1 is 0.867 bits per heavy atom. The Morgan fingerprint density at radius 2 is 1.33 bits per heavy atom. The lowest BCUT2D eigenvalue weighted by atomic mass is 10.3. The highest BCUT2D eigenvalue weighted by Crippen LogP contribution is 2.35. The molecule has 6 heteroatoms. The molecule has 0 saturated carbocycles. The normalized spacial score (nSPS) is 10.1. The van der Waals surface area contributed by atoms with Crippen molar-refractivity contribution >= 4 is 10.7 Å². The third-order valence-corrected chi connectivity index (χ3v) is 2.62. The highest BCUT2D eigenvalue weighted by Gasteiger charge is 2.13. The first kappa shape index (κ1) is 11.6. The van der Waals surface area contributed by atoms with Crippen LogP contribution in [0.4, 0.5) is 0 Å². The van der Waals surface area contributed by atoms with Gasteiger partial charge >= 0.3 is 0 Å². The molecule has 0 aliphatic heterocycles. The molecule has 0 N–H and O–H groups in total. The second-order valence-corrected chi connectivity index (χ2v) is 3.63. The summed E-state index contributed by atoms with van der Waals surface area (Å²) in [6, 6.07) is 2.84. The summed E-state index contributed by atoms with van der Waals surface area (Å²) in [4.78, 5) is 0.0742. The summed E-state index contributed by atoms with van der Waals surface area (Å²) in [6.07, 6.45) is 0. The molecule has 0 aromatic heterocycles. The number of methoxy groups -OCH3 is 3. The third kappa shape index (κ3) is 2.33. The molecule has 0 amide bonds. The van der Waals surface area contributed by atoms with E-state index in [0.717, 1.165) is 0 Å². The Hall–Kier alpha value is -1.43. The van der Waals surface area contributed by atoms with E-state index < -0.39 is 10.7 Å². The molecular formula is C9H12O5S. The van der Waals surface area contributed by atoms with Crippen molar-refractivity contribution in [2.45, 2.75) is 4.90 Å². The van der Waals surface area contributed by atoms with Crippen LogP contribution in [0.2, 0.25) is 0 Å². The topological polar surface area (TPSA) is 61.8 Å². The van der Waals surface area contributed by atoms with Crippen LogP contribution < -0.4 is 14.2 Å². The van der Waals surface area contributed by atoms with E-state index in [-0.39, 0.29) is 10.6 Å². The van der Waals surface area contributed by atoms with Gasteiger partial charge in [-0.05, 0) is 0 Å². The number of hydrogen-bond donors (Lipinski definition) is 1. The second kappa shape index (κ2) is 4.88. The molecule has 0 bridgehead atoms. The van der Waals surface area contributed by atoms with Crippen LogP contribution in [0.15, 0.2) is 17.0 Å². The van der Waals surface area contributed by atoms with Gasteiger partial charge in [-0.25, -0.2) is 8.42 Å². The molecule has 0 aliphatic rings. The Balaban J connectivity index is 3.40. The van der Waals surface area contributed by atoms with Crippen LogP contribution in [-0.4, -0.2) is 29.7 Å². The third-order valence-electron chi connectivity index (χ3n) is 1.88. The summed E-state index contributed by atoms with van der Waals surface area (Å²) in [7, 11) is 1.57. The minimum atomic E-state index is -2.72.